The number of hydrogen-bond donors (Lipinski definition) is 0. The Labute approximate surface area is 161 Å². The average Bonchev–Trinajstić information content (AvgIpc) is 3.12. The Bertz CT molecular complexity index is 900. The lowest BCUT2D eigenvalue weighted by atomic mass is 10.0. The highest BCUT2D eigenvalue weighted by atomic mass is 19.1. The number of benzene rings is 2. The summed E-state index contributed by atoms with van der Waals surface area (Å²) in [5.74, 6) is -2.99. The standard InChI is InChI=1S/C21H19F2NO4/c1-12-7-15(8-13(2)16(12)11-24)28-21(25)20-17(22)9-14(10-18(20)23)3-4-19-26-5-6-27-19/h7-10,19H,3-6H2,1-2H3. The number of aryl methyl sites for hydroxylation is 3. The Morgan fingerprint density at radius 3 is 2.25 bits per heavy atom. The molecule has 0 atom stereocenters. The Kier molecular flexibility index (Phi) is 6.02. The molecule has 1 aliphatic rings. The third-order valence-corrected chi connectivity index (χ3v) is 4.49. The molecule has 0 radical (unpaired) electrons. The SMILES string of the molecule is Cc1cc(OC(=O)c2c(F)cc(CCC3OCCO3)cc2F)cc(C)c1C#N. The zero-order valence-electron chi connectivity index (χ0n) is 15.6. The molecular formula is C21H19F2NO4. The van der Waals surface area contributed by atoms with Gasteiger partial charge in [0.15, 0.2) is 6.29 Å². The molecule has 2 aromatic rings. The van der Waals surface area contributed by atoms with Crippen molar-refractivity contribution in [3.05, 3.63) is 63.7 Å². The van der Waals surface area contributed by atoms with Crippen LogP contribution in [0.5, 0.6) is 5.75 Å². The predicted molar refractivity (Wildman–Crippen MR) is 96.0 cm³/mol. The number of carbonyl (C=O) groups excluding carboxylic acids is 1. The summed E-state index contributed by atoms with van der Waals surface area (Å²) in [6.07, 6.45) is 0.438. The smallest absolute Gasteiger partial charge is 0.349 e. The first-order chi connectivity index (χ1) is 13.4. The van der Waals surface area contributed by atoms with Crippen molar-refractivity contribution >= 4 is 5.97 Å². The lowest BCUT2D eigenvalue weighted by molar-refractivity contribution is -0.0462. The minimum atomic E-state index is -1.13. The van der Waals surface area contributed by atoms with Gasteiger partial charge in [0.05, 0.1) is 24.8 Å². The molecule has 0 N–H and O–H groups in total. The molecule has 0 spiro atoms. The number of carbonyl (C=O) groups is 1. The van der Waals surface area contributed by atoms with Gasteiger partial charge in [-0.25, -0.2) is 13.6 Å². The molecule has 0 unspecified atom stereocenters. The predicted octanol–water partition coefficient (Wildman–Crippen LogP) is 3.98. The van der Waals surface area contributed by atoms with Crippen LogP contribution in [0.25, 0.3) is 0 Å². The molecule has 0 amide bonds. The highest BCUT2D eigenvalue weighted by Crippen LogP contribution is 2.24. The van der Waals surface area contributed by atoms with E-state index in [-0.39, 0.29) is 12.0 Å². The van der Waals surface area contributed by atoms with Gasteiger partial charge in [0, 0.05) is 6.42 Å². The molecule has 3 rings (SSSR count). The minimum Gasteiger partial charge on any atom is -0.423 e. The third-order valence-electron chi connectivity index (χ3n) is 4.49. The maximum absolute atomic E-state index is 14.4. The molecule has 28 heavy (non-hydrogen) atoms. The van der Waals surface area contributed by atoms with Crippen molar-refractivity contribution in [1.82, 2.24) is 0 Å². The van der Waals surface area contributed by atoms with Gasteiger partial charge in [-0.05, 0) is 61.2 Å². The van der Waals surface area contributed by atoms with E-state index in [9.17, 15) is 13.6 Å². The van der Waals surface area contributed by atoms with E-state index in [1.54, 1.807) is 13.8 Å². The van der Waals surface area contributed by atoms with E-state index >= 15 is 0 Å². The third kappa shape index (κ3) is 4.35. The molecule has 1 aliphatic heterocycles. The largest absolute Gasteiger partial charge is 0.423 e. The highest BCUT2D eigenvalue weighted by molar-refractivity contribution is 5.91. The zero-order valence-corrected chi connectivity index (χ0v) is 15.6. The van der Waals surface area contributed by atoms with Gasteiger partial charge in [0.2, 0.25) is 0 Å². The summed E-state index contributed by atoms with van der Waals surface area (Å²) in [7, 11) is 0. The van der Waals surface area contributed by atoms with Gasteiger partial charge >= 0.3 is 5.97 Å². The van der Waals surface area contributed by atoms with E-state index in [1.165, 1.54) is 12.1 Å². The van der Waals surface area contributed by atoms with Gasteiger partial charge in [-0.15, -0.1) is 0 Å². The van der Waals surface area contributed by atoms with Crippen LogP contribution in [0.3, 0.4) is 0 Å². The minimum absolute atomic E-state index is 0.123. The van der Waals surface area contributed by atoms with Crippen molar-refractivity contribution < 1.29 is 27.8 Å². The van der Waals surface area contributed by atoms with E-state index in [1.807, 2.05) is 0 Å². The van der Waals surface area contributed by atoms with Crippen LogP contribution < -0.4 is 4.74 Å². The normalized spacial score (nSPS) is 14.1. The number of ether oxygens (including phenoxy) is 3. The van der Waals surface area contributed by atoms with Crippen molar-refractivity contribution in [3.8, 4) is 11.8 Å². The average molecular weight is 387 g/mol. The topological polar surface area (TPSA) is 68.6 Å². The number of esters is 1. The molecule has 1 saturated heterocycles. The molecule has 0 bridgehead atoms. The maximum Gasteiger partial charge on any atom is 0.349 e. The molecule has 2 aromatic carbocycles. The molecule has 0 aliphatic carbocycles. The van der Waals surface area contributed by atoms with Crippen LogP contribution in [-0.2, 0) is 15.9 Å². The summed E-state index contributed by atoms with van der Waals surface area (Å²) < 4.78 is 44.5. The fourth-order valence-corrected chi connectivity index (χ4v) is 3.14. The first-order valence-electron chi connectivity index (χ1n) is 8.83. The van der Waals surface area contributed by atoms with Crippen molar-refractivity contribution in [2.45, 2.75) is 33.0 Å². The van der Waals surface area contributed by atoms with E-state index in [0.29, 0.717) is 48.3 Å². The van der Waals surface area contributed by atoms with Gasteiger partial charge in [-0.1, -0.05) is 0 Å². The molecular weight excluding hydrogens is 368 g/mol. The van der Waals surface area contributed by atoms with Crippen molar-refractivity contribution in [3.63, 3.8) is 0 Å². The lowest BCUT2D eigenvalue weighted by Gasteiger charge is -2.12. The van der Waals surface area contributed by atoms with Crippen LogP contribution >= 0.6 is 0 Å². The summed E-state index contributed by atoms with van der Waals surface area (Å²) >= 11 is 0. The summed E-state index contributed by atoms with van der Waals surface area (Å²) in [5.41, 5.74) is 1.33. The van der Waals surface area contributed by atoms with Gasteiger partial charge in [-0.2, -0.15) is 5.26 Å². The molecule has 7 heteroatoms. The monoisotopic (exact) mass is 387 g/mol. The Balaban J connectivity index is 1.75. The van der Waals surface area contributed by atoms with Gasteiger partial charge in [0.25, 0.3) is 0 Å². The molecule has 1 fully saturated rings. The number of halogens is 2. The summed E-state index contributed by atoms with van der Waals surface area (Å²) in [4.78, 5) is 12.3. The van der Waals surface area contributed by atoms with Crippen molar-refractivity contribution in [2.75, 3.05) is 13.2 Å². The summed E-state index contributed by atoms with van der Waals surface area (Å²) in [6.45, 7) is 4.40. The van der Waals surface area contributed by atoms with Crippen molar-refractivity contribution in [2.24, 2.45) is 0 Å². The van der Waals surface area contributed by atoms with Crippen LogP contribution in [0, 0.1) is 36.8 Å². The van der Waals surface area contributed by atoms with Crippen LogP contribution in [-0.4, -0.2) is 25.5 Å². The number of nitriles is 1. The number of hydrogen-bond acceptors (Lipinski definition) is 5. The molecule has 146 valence electrons. The second-order valence-electron chi connectivity index (χ2n) is 6.58. The second kappa shape index (κ2) is 8.46. The van der Waals surface area contributed by atoms with Gasteiger partial charge in [0.1, 0.15) is 22.9 Å². The maximum atomic E-state index is 14.4. The summed E-state index contributed by atoms with van der Waals surface area (Å²) in [6, 6.07) is 7.25. The fraction of sp³-hybridized carbons (Fsp3) is 0.333. The van der Waals surface area contributed by atoms with E-state index < -0.39 is 23.2 Å². The van der Waals surface area contributed by atoms with Crippen molar-refractivity contribution in [1.29, 1.82) is 5.26 Å². The Morgan fingerprint density at radius 2 is 1.71 bits per heavy atom. The molecule has 5 nitrogen and oxygen atoms in total. The summed E-state index contributed by atoms with van der Waals surface area (Å²) in [5, 5.41) is 9.09. The number of rotatable bonds is 5. The second-order valence-corrected chi connectivity index (χ2v) is 6.58. The van der Waals surface area contributed by atoms with Crippen LogP contribution in [0.1, 0.15) is 39.0 Å². The molecule has 0 saturated carbocycles. The van der Waals surface area contributed by atoms with E-state index in [2.05, 4.69) is 6.07 Å². The van der Waals surface area contributed by atoms with Crippen LogP contribution in [0.15, 0.2) is 24.3 Å². The fourth-order valence-electron chi connectivity index (χ4n) is 3.14. The number of nitrogens with zero attached hydrogens (tertiary/aromatic N) is 1. The van der Waals surface area contributed by atoms with Gasteiger partial charge in [-0.3, -0.25) is 0 Å². The van der Waals surface area contributed by atoms with Gasteiger partial charge < -0.3 is 14.2 Å². The van der Waals surface area contributed by atoms with Crippen LogP contribution in [0.2, 0.25) is 0 Å². The zero-order chi connectivity index (χ0) is 20.3. The highest BCUT2D eigenvalue weighted by Gasteiger charge is 2.22. The Morgan fingerprint density at radius 1 is 1.14 bits per heavy atom. The van der Waals surface area contributed by atoms with E-state index in [0.717, 1.165) is 12.1 Å². The first-order valence-corrected chi connectivity index (χ1v) is 8.83. The molecule has 1 heterocycles. The molecule has 0 aromatic heterocycles. The lowest BCUT2D eigenvalue weighted by Crippen LogP contribution is -2.15. The first kappa shape index (κ1) is 19.9. The quantitative estimate of drug-likeness (QED) is 0.573. The van der Waals surface area contributed by atoms with E-state index in [4.69, 9.17) is 19.5 Å². The van der Waals surface area contributed by atoms with Crippen LogP contribution in [0.4, 0.5) is 8.78 Å². The Hall–Kier alpha value is -2.82.